The fourth-order valence-corrected chi connectivity index (χ4v) is 2.21. The highest BCUT2D eigenvalue weighted by atomic mass is 16.5. The molecule has 6 heteroatoms. The predicted octanol–water partition coefficient (Wildman–Crippen LogP) is 0.959. The molecule has 22 heavy (non-hydrogen) atoms. The Morgan fingerprint density at radius 3 is 2.77 bits per heavy atom. The van der Waals surface area contributed by atoms with E-state index in [1.54, 1.807) is 11.8 Å². The first-order chi connectivity index (χ1) is 10.7. The molecule has 2 rings (SSSR count). The number of amides is 1. The van der Waals surface area contributed by atoms with E-state index in [1.165, 1.54) is 0 Å². The quantitative estimate of drug-likeness (QED) is 0.791. The maximum absolute atomic E-state index is 12.4. The van der Waals surface area contributed by atoms with Gasteiger partial charge in [-0.05, 0) is 12.5 Å². The number of hydrogen-bond donors (Lipinski definition) is 1. The zero-order valence-electron chi connectivity index (χ0n) is 12.3. The molecule has 1 amide bonds. The molecule has 0 spiro atoms. The van der Waals surface area contributed by atoms with Crippen LogP contribution in [0, 0.1) is 11.3 Å². The zero-order chi connectivity index (χ0) is 15.9. The van der Waals surface area contributed by atoms with Crippen LogP contribution in [0.1, 0.15) is 12.5 Å². The highest BCUT2D eigenvalue weighted by molar-refractivity contribution is 5.97. The number of nitrogens with zero attached hydrogens (tertiary/aromatic N) is 2. The molecule has 0 saturated carbocycles. The topological polar surface area (TPSA) is 82.4 Å². The summed E-state index contributed by atoms with van der Waals surface area (Å²) < 4.78 is 4.80. The number of carbonyl (C=O) groups excluding carboxylic acids is 2. The normalized spacial score (nSPS) is 14.0. The van der Waals surface area contributed by atoms with E-state index in [9.17, 15) is 9.59 Å². The summed E-state index contributed by atoms with van der Waals surface area (Å²) in [5, 5.41) is 11.9. The Kier molecular flexibility index (Phi) is 5.15. The summed E-state index contributed by atoms with van der Waals surface area (Å²) in [6.45, 7) is 2.53. The first-order valence-corrected chi connectivity index (χ1v) is 7.01. The zero-order valence-corrected chi connectivity index (χ0v) is 12.3. The summed E-state index contributed by atoms with van der Waals surface area (Å²) in [6.07, 6.45) is 0. The van der Waals surface area contributed by atoms with Gasteiger partial charge in [-0.15, -0.1) is 0 Å². The Morgan fingerprint density at radius 2 is 2.14 bits per heavy atom. The van der Waals surface area contributed by atoms with E-state index in [0.29, 0.717) is 12.1 Å². The van der Waals surface area contributed by atoms with Gasteiger partial charge in [0, 0.05) is 6.54 Å². The molecule has 1 aromatic carbocycles. The number of benzene rings is 1. The summed E-state index contributed by atoms with van der Waals surface area (Å²) in [5.41, 5.74) is 1.51. The predicted molar refractivity (Wildman–Crippen MR) is 79.1 cm³/mol. The Labute approximate surface area is 129 Å². The van der Waals surface area contributed by atoms with Crippen LogP contribution in [-0.2, 0) is 20.9 Å². The summed E-state index contributed by atoms with van der Waals surface area (Å²) in [4.78, 5) is 25.3. The number of ether oxygens (including phenoxy) is 1. The van der Waals surface area contributed by atoms with Crippen molar-refractivity contribution in [1.82, 2.24) is 10.2 Å². The van der Waals surface area contributed by atoms with E-state index >= 15 is 0 Å². The van der Waals surface area contributed by atoms with Crippen molar-refractivity contribution in [3.8, 4) is 6.07 Å². The molecular weight excluding hydrogens is 282 g/mol. The lowest BCUT2D eigenvalue weighted by Gasteiger charge is -2.16. The first kappa shape index (κ1) is 15.6. The van der Waals surface area contributed by atoms with Crippen LogP contribution in [0.15, 0.2) is 41.6 Å². The van der Waals surface area contributed by atoms with Crippen LogP contribution in [0.25, 0.3) is 0 Å². The molecule has 0 fully saturated rings. The number of hydrogen-bond acceptors (Lipinski definition) is 5. The third-order valence-electron chi connectivity index (χ3n) is 3.22. The minimum atomic E-state index is -0.457. The minimum absolute atomic E-state index is 0.126. The van der Waals surface area contributed by atoms with Crippen LogP contribution < -0.4 is 5.32 Å². The molecule has 1 aliphatic heterocycles. The van der Waals surface area contributed by atoms with E-state index in [0.717, 1.165) is 5.56 Å². The van der Waals surface area contributed by atoms with E-state index in [-0.39, 0.29) is 31.3 Å². The molecular formula is C16H17N3O3. The average molecular weight is 299 g/mol. The van der Waals surface area contributed by atoms with Crippen LogP contribution in [0.2, 0.25) is 0 Å². The average Bonchev–Trinajstić information content (AvgIpc) is 2.82. The van der Waals surface area contributed by atoms with Gasteiger partial charge >= 0.3 is 5.97 Å². The highest BCUT2D eigenvalue weighted by Crippen LogP contribution is 2.19. The van der Waals surface area contributed by atoms with Crippen molar-refractivity contribution in [3.63, 3.8) is 0 Å². The third kappa shape index (κ3) is 3.64. The number of esters is 1. The van der Waals surface area contributed by atoms with Gasteiger partial charge in [0.1, 0.15) is 12.2 Å². The van der Waals surface area contributed by atoms with Gasteiger partial charge in [-0.25, -0.2) is 0 Å². The van der Waals surface area contributed by atoms with Crippen molar-refractivity contribution < 1.29 is 14.3 Å². The molecule has 0 bridgehead atoms. The molecule has 0 radical (unpaired) electrons. The van der Waals surface area contributed by atoms with Gasteiger partial charge in [0.2, 0.25) is 0 Å². The van der Waals surface area contributed by atoms with Crippen molar-refractivity contribution in [3.05, 3.63) is 47.2 Å². The SMILES string of the molecule is CCOC(=O)CNC1=C(C#N)CN(Cc2ccccc2)C1=O. The lowest BCUT2D eigenvalue weighted by molar-refractivity contribution is -0.141. The largest absolute Gasteiger partial charge is 0.465 e. The van der Waals surface area contributed by atoms with Crippen molar-refractivity contribution in [2.75, 3.05) is 19.7 Å². The lowest BCUT2D eigenvalue weighted by Crippen LogP contribution is -2.32. The van der Waals surface area contributed by atoms with Crippen molar-refractivity contribution in [2.45, 2.75) is 13.5 Å². The standard InChI is InChI=1S/C16H17N3O3/c1-2-22-14(20)9-18-15-13(8-17)11-19(16(15)21)10-12-6-4-3-5-7-12/h3-7,18H,2,9-11H2,1H3. The molecule has 114 valence electrons. The van der Waals surface area contributed by atoms with Crippen molar-refractivity contribution >= 4 is 11.9 Å². The van der Waals surface area contributed by atoms with Crippen LogP contribution >= 0.6 is 0 Å². The summed E-state index contributed by atoms with van der Waals surface area (Å²) >= 11 is 0. The third-order valence-corrected chi connectivity index (χ3v) is 3.22. The van der Waals surface area contributed by atoms with E-state index in [2.05, 4.69) is 5.32 Å². The fourth-order valence-electron chi connectivity index (χ4n) is 2.21. The van der Waals surface area contributed by atoms with Gasteiger partial charge in [-0.3, -0.25) is 9.59 Å². The smallest absolute Gasteiger partial charge is 0.325 e. The number of rotatable bonds is 6. The lowest BCUT2D eigenvalue weighted by atomic mass is 10.2. The Balaban J connectivity index is 2.02. The van der Waals surface area contributed by atoms with Crippen LogP contribution in [0.5, 0.6) is 0 Å². The Bertz CT molecular complexity index is 632. The van der Waals surface area contributed by atoms with Gasteiger partial charge in [-0.2, -0.15) is 5.26 Å². The van der Waals surface area contributed by atoms with E-state index < -0.39 is 5.97 Å². The highest BCUT2D eigenvalue weighted by Gasteiger charge is 2.30. The summed E-state index contributed by atoms with van der Waals surface area (Å²) in [7, 11) is 0. The summed E-state index contributed by atoms with van der Waals surface area (Å²) in [5.74, 6) is -0.730. The maximum atomic E-state index is 12.4. The first-order valence-electron chi connectivity index (χ1n) is 7.01. The molecule has 0 saturated heterocycles. The molecule has 1 heterocycles. The second kappa shape index (κ2) is 7.27. The van der Waals surface area contributed by atoms with Gasteiger partial charge in [0.15, 0.2) is 0 Å². The van der Waals surface area contributed by atoms with Gasteiger partial charge in [-0.1, -0.05) is 30.3 Å². The second-order valence-electron chi connectivity index (χ2n) is 4.77. The second-order valence-corrected chi connectivity index (χ2v) is 4.77. The van der Waals surface area contributed by atoms with Crippen LogP contribution in [0.4, 0.5) is 0 Å². The maximum Gasteiger partial charge on any atom is 0.325 e. The molecule has 1 N–H and O–H groups in total. The van der Waals surface area contributed by atoms with Gasteiger partial charge < -0.3 is 15.0 Å². The fraction of sp³-hybridized carbons (Fsp3) is 0.312. The van der Waals surface area contributed by atoms with Crippen LogP contribution in [-0.4, -0.2) is 36.5 Å². The number of nitriles is 1. The molecule has 0 atom stereocenters. The van der Waals surface area contributed by atoms with Crippen LogP contribution in [0.3, 0.4) is 0 Å². The Hall–Kier alpha value is -2.81. The molecule has 1 aromatic rings. The summed E-state index contributed by atoms with van der Waals surface area (Å²) in [6, 6.07) is 11.6. The Morgan fingerprint density at radius 1 is 1.41 bits per heavy atom. The minimum Gasteiger partial charge on any atom is -0.465 e. The number of nitrogens with one attached hydrogen (secondary N) is 1. The van der Waals surface area contributed by atoms with Gasteiger partial charge in [0.25, 0.3) is 5.91 Å². The molecule has 0 aliphatic carbocycles. The molecule has 0 unspecified atom stereocenters. The van der Waals surface area contributed by atoms with Crippen molar-refractivity contribution in [1.29, 1.82) is 5.26 Å². The van der Waals surface area contributed by atoms with Crippen molar-refractivity contribution in [2.24, 2.45) is 0 Å². The number of carbonyl (C=O) groups is 2. The molecule has 1 aliphatic rings. The molecule has 6 nitrogen and oxygen atoms in total. The van der Waals surface area contributed by atoms with E-state index in [4.69, 9.17) is 10.00 Å². The monoisotopic (exact) mass is 299 g/mol. The van der Waals surface area contributed by atoms with Gasteiger partial charge in [0.05, 0.1) is 24.8 Å². The van der Waals surface area contributed by atoms with E-state index in [1.807, 2.05) is 36.4 Å². The molecule has 0 aromatic heterocycles.